The fraction of sp³-hybridized carbons (Fsp3) is 0.375. The van der Waals surface area contributed by atoms with Crippen LogP contribution in [-0.2, 0) is 9.53 Å². The Labute approximate surface area is 121 Å². The molecule has 1 atom stereocenters. The van der Waals surface area contributed by atoms with Gasteiger partial charge in [0.15, 0.2) is 0 Å². The molecule has 0 radical (unpaired) electrons. The predicted molar refractivity (Wildman–Crippen MR) is 79.5 cm³/mol. The Hall–Kier alpha value is -2.14. The zero-order chi connectivity index (χ0) is 15.0. The van der Waals surface area contributed by atoms with Crippen LogP contribution in [0.3, 0.4) is 0 Å². The second kappa shape index (κ2) is 5.33. The first kappa shape index (κ1) is 13.8. The van der Waals surface area contributed by atoms with E-state index in [1.807, 2.05) is 19.9 Å². The number of nitrogens with one attached hydrogen (secondary N) is 1. The van der Waals surface area contributed by atoms with Crippen LogP contribution in [0.5, 0.6) is 0 Å². The van der Waals surface area contributed by atoms with Gasteiger partial charge in [-0.1, -0.05) is 0 Å². The third-order valence-corrected chi connectivity index (χ3v) is 3.85. The van der Waals surface area contributed by atoms with Gasteiger partial charge in [0, 0.05) is 23.7 Å². The molecule has 1 amide bonds. The van der Waals surface area contributed by atoms with E-state index in [-0.39, 0.29) is 17.5 Å². The second-order valence-corrected chi connectivity index (χ2v) is 5.46. The first-order chi connectivity index (χ1) is 10.0. The number of ether oxygens (including phenoxy) is 1. The van der Waals surface area contributed by atoms with Crippen molar-refractivity contribution >= 4 is 22.6 Å². The molecular formula is C16H17NO4. The average Bonchev–Trinajstić information content (AvgIpc) is 2.94. The summed E-state index contributed by atoms with van der Waals surface area (Å²) in [6.45, 7) is 4.85. The molecule has 110 valence electrons. The van der Waals surface area contributed by atoms with Gasteiger partial charge in [-0.15, -0.1) is 0 Å². The van der Waals surface area contributed by atoms with Crippen molar-refractivity contribution in [2.75, 3.05) is 18.5 Å². The summed E-state index contributed by atoms with van der Waals surface area (Å²) in [7, 11) is 0. The van der Waals surface area contributed by atoms with Crippen LogP contribution in [-0.4, -0.2) is 19.1 Å². The maximum absolute atomic E-state index is 12.2. The summed E-state index contributed by atoms with van der Waals surface area (Å²) >= 11 is 0. The number of carbonyl (C=O) groups excluding carboxylic acids is 1. The van der Waals surface area contributed by atoms with Gasteiger partial charge in [0.05, 0.1) is 12.5 Å². The number of anilines is 1. The van der Waals surface area contributed by atoms with Gasteiger partial charge in [-0.3, -0.25) is 4.79 Å². The van der Waals surface area contributed by atoms with Crippen molar-refractivity contribution in [2.24, 2.45) is 5.92 Å². The van der Waals surface area contributed by atoms with Gasteiger partial charge < -0.3 is 14.5 Å². The summed E-state index contributed by atoms with van der Waals surface area (Å²) in [6.07, 6.45) is 0.756. The molecule has 5 heteroatoms. The lowest BCUT2D eigenvalue weighted by molar-refractivity contribution is -0.119. The molecule has 1 fully saturated rings. The second-order valence-electron chi connectivity index (χ2n) is 5.46. The van der Waals surface area contributed by atoms with Gasteiger partial charge in [-0.05, 0) is 43.5 Å². The van der Waals surface area contributed by atoms with E-state index in [4.69, 9.17) is 9.15 Å². The van der Waals surface area contributed by atoms with Gasteiger partial charge in [-0.2, -0.15) is 0 Å². The van der Waals surface area contributed by atoms with Crippen LogP contribution in [0.1, 0.15) is 17.5 Å². The lowest BCUT2D eigenvalue weighted by Gasteiger charge is -2.13. The number of hydrogen-bond donors (Lipinski definition) is 1. The monoisotopic (exact) mass is 287 g/mol. The van der Waals surface area contributed by atoms with Crippen molar-refractivity contribution in [1.82, 2.24) is 0 Å². The van der Waals surface area contributed by atoms with Crippen molar-refractivity contribution < 1.29 is 13.9 Å². The van der Waals surface area contributed by atoms with Crippen LogP contribution in [0.4, 0.5) is 5.69 Å². The largest absolute Gasteiger partial charge is 0.423 e. The number of fused-ring (bicyclic) bond motifs is 1. The van der Waals surface area contributed by atoms with Crippen LogP contribution in [0.2, 0.25) is 0 Å². The van der Waals surface area contributed by atoms with Gasteiger partial charge in [-0.25, -0.2) is 4.79 Å². The molecule has 5 nitrogen and oxygen atoms in total. The minimum absolute atomic E-state index is 0.0232. The molecule has 0 aliphatic carbocycles. The summed E-state index contributed by atoms with van der Waals surface area (Å²) in [5, 5.41) is 3.78. The van der Waals surface area contributed by atoms with E-state index in [1.54, 1.807) is 6.07 Å². The summed E-state index contributed by atoms with van der Waals surface area (Å²) in [5.41, 5.74) is 2.62. The molecule has 0 bridgehead atoms. The van der Waals surface area contributed by atoms with Crippen LogP contribution in [0.15, 0.2) is 27.4 Å². The van der Waals surface area contributed by atoms with Crippen LogP contribution in [0.25, 0.3) is 11.0 Å². The molecule has 0 saturated carbocycles. The van der Waals surface area contributed by atoms with E-state index < -0.39 is 0 Å². The summed E-state index contributed by atoms with van der Waals surface area (Å²) in [6, 6.07) is 5.09. The summed E-state index contributed by atoms with van der Waals surface area (Å²) in [4.78, 5) is 23.6. The number of carbonyl (C=O) groups is 1. The highest BCUT2D eigenvalue weighted by Crippen LogP contribution is 2.26. The Morgan fingerprint density at radius 2 is 2.05 bits per heavy atom. The Balaban J connectivity index is 1.97. The Morgan fingerprint density at radius 3 is 2.76 bits per heavy atom. The molecule has 1 aromatic carbocycles. The molecule has 0 spiro atoms. The fourth-order valence-corrected chi connectivity index (χ4v) is 2.58. The molecule has 0 unspecified atom stereocenters. The molecule has 2 heterocycles. The van der Waals surface area contributed by atoms with E-state index in [0.717, 1.165) is 28.6 Å². The third-order valence-electron chi connectivity index (χ3n) is 3.85. The number of amides is 1. The zero-order valence-electron chi connectivity index (χ0n) is 12.1. The summed E-state index contributed by atoms with van der Waals surface area (Å²) < 4.78 is 10.4. The molecule has 1 N–H and O–H groups in total. The highest BCUT2D eigenvalue weighted by Gasteiger charge is 2.24. The van der Waals surface area contributed by atoms with E-state index in [9.17, 15) is 9.59 Å². The van der Waals surface area contributed by atoms with E-state index in [2.05, 4.69) is 5.32 Å². The smallest absolute Gasteiger partial charge is 0.336 e. The number of aryl methyl sites for hydroxylation is 2. The Bertz CT molecular complexity index is 757. The van der Waals surface area contributed by atoms with Crippen molar-refractivity contribution in [3.05, 3.63) is 39.7 Å². The number of hydrogen-bond acceptors (Lipinski definition) is 4. The topological polar surface area (TPSA) is 68.5 Å². The normalized spacial score (nSPS) is 18.1. The molecule has 3 rings (SSSR count). The van der Waals surface area contributed by atoms with Gasteiger partial charge in [0.2, 0.25) is 5.91 Å². The average molecular weight is 287 g/mol. The quantitative estimate of drug-likeness (QED) is 0.861. The molecular weight excluding hydrogens is 270 g/mol. The third kappa shape index (κ3) is 2.69. The molecule has 21 heavy (non-hydrogen) atoms. The lowest BCUT2D eigenvalue weighted by Crippen LogP contribution is -2.23. The Kier molecular flexibility index (Phi) is 3.51. The van der Waals surface area contributed by atoms with E-state index in [0.29, 0.717) is 18.8 Å². The molecule has 1 saturated heterocycles. The maximum Gasteiger partial charge on any atom is 0.336 e. The minimum Gasteiger partial charge on any atom is -0.423 e. The SMILES string of the molecule is Cc1cc2oc(=O)cc(C)c2cc1NC(=O)[C@@H]1CCOC1. The standard InChI is InChI=1S/C16H17NO4/c1-9-6-15(18)21-14-5-10(2)13(7-12(9)14)17-16(19)11-3-4-20-8-11/h5-7,11H,3-4,8H2,1-2H3,(H,17,19)/t11-/m1/s1. The van der Waals surface area contributed by atoms with Crippen molar-refractivity contribution in [2.45, 2.75) is 20.3 Å². The number of rotatable bonds is 2. The number of benzene rings is 1. The highest BCUT2D eigenvalue weighted by molar-refractivity contribution is 5.96. The van der Waals surface area contributed by atoms with Crippen LogP contribution < -0.4 is 10.9 Å². The van der Waals surface area contributed by atoms with Gasteiger partial charge in [0.1, 0.15) is 5.58 Å². The lowest BCUT2D eigenvalue weighted by atomic mass is 10.1. The molecule has 1 aromatic heterocycles. The van der Waals surface area contributed by atoms with Gasteiger partial charge >= 0.3 is 5.63 Å². The van der Waals surface area contributed by atoms with E-state index in [1.165, 1.54) is 6.07 Å². The van der Waals surface area contributed by atoms with E-state index >= 15 is 0 Å². The Morgan fingerprint density at radius 1 is 1.24 bits per heavy atom. The highest BCUT2D eigenvalue weighted by atomic mass is 16.5. The molecule has 1 aliphatic heterocycles. The van der Waals surface area contributed by atoms with Crippen molar-refractivity contribution in [3.8, 4) is 0 Å². The molecule has 1 aliphatic rings. The first-order valence-electron chi connectivity index (χ1n) is 6.98. The van der Waals surface area contributed by atoms with Crippen LogP contribution in [0, 0.1) is 19.8 Å². The maximum atomic E-state index is 12.2. The predicted octanol–water partition coefficient (Wildman–Crippen LogP) is 2.38. The van der Waals surface area contributed by atoms with Crippen molar-refractivity contribution in [3.63, 3.8) is 0 Å². The van der Waals surface area contributed by atoms with Crippen LogP contribution >= 0.6 is 0 Å². The fourth-order valence-electron chi connectivity index (χ4n) is 2.58. The first-order valence-corrected chi connectivity index (χ1v) is 6.98. The zero-order valence-corrected chi connectivity index (χ0v) is 12.1. The molecule has 2 aromatic rings. The minimum atomic E-state index is -0.362. The summed E-state index contributed by atoms with van der Waals surface area (Å²) in [5.74, 6) is -0.111. The van der Waals surface area contributed by atoms with Crippen molar-refractivity contribution in [1.29, 1.82) is 0 Å². The van der Waals surface area contributed by atoms with Gasteiger partial charge in [0.25, 0.3) is 0 Å².